The van der Waals surface area contributed by atoms with Gasteiger partial charge in [-0.3, -0.25) is 10.2 Å². The Morgan fingerprint density at radius 3 is 2.78 bits per heavy atom. The molecule has 0 spiro atoms. The lowest BCUT2D eigenvalue weighted by molar-refractivity contribution is 0.101. The molecule has 3 aliphatic rings. The molecule has 4 nitrogen and oxygen atoms in total. The Kier molecular flexibility index (Phi) is 3.31. The Balaban J connectivity index is 1.58. The quantitative estimate of drug-likeness (QED) is 0.815. The lowest BCUT2D eigenvalue weighted by atomic mass is 9.99. The summed E-state index contributed by atoms with van der Waals surface area (Å²) in [5.74, 6) is 0. The maximum atomic E-state index is 9.50. The molecule has 3 unspecified atom stereocenters. The van der Waals surface area contributed by atoms with Gasteiger partial charge in [0.25, 0.3) is 0 Å². The van der Waals surface area contributed by atoms with Crippen LogP contribution in [0.2, 0.25) is 0 Å². The van der Waals surface area contributed by atoms with E-state index in [-0.39, 0.29) is 5.54 Å². The highest BCUT2D eigenvalue weighted by molar-refractivity contribution is 5.15. The normalized spacial score (nSPS) is 41.1. The van der Waals surface area contributed by atoms with Gasteiger partial charge in [-0.15, -0.1) is 0 Å². The molecule has 1 aliphatic heterocycles. The molecule has 0 aromatic carbocycles. The first-order valence-electron chi connectivity index (χ1n) is 7.20. The van der Waals surface area contributed by atoms with Crippen LogP contribution >= 0.6 is 0 Å². The third-order valence-electron chi connectivity index (χ3n) is 4.79. The Morgan fingerprint density at radius 1 is 1.33 bits per heavy atom. The maximum absolute atomic E-state index is 9.50. The summed E-state index contributed by atoms with van der Waals surface area (Å²) in [6.07, 6.45) is 7.22. The van der Waals surface area contributed by atoms with Gasteiger partial charge in [-0.25, -0.2) is 0 Å². The van der Waals surface area contributed by atoms with E-state index in [2.05, 4.69) is 16.3 Å². The second-order valence-corrected chi connectivity index (χ2v) is 6.15. The van der Waals surface area contributed by atoms with Gasteiger partial charge >= 0.3 is 0 Å². The van der Waals surface area contributed by atoms with Gasteiger partial charge in [-0.1, -0.05) is 0 Å². The molecule has 0 bridgehead atoms. The summed E-state index contributed by atoms with van der Waals surface area (Å²) in [5, 5.41) is 13.1. The third-order valence-corrected chi connectivity index (χ3v) is 4.79. The summed E-state index contributed by atoms with van der Waals surface area (Å²) in [4.78, 5) is 2.53. The molecule has 18 heavy (non-hydrogen) atoms. The number of nitriles is 1. The average Bonchev–Trinajstić information content (AvgIpc) is 2.93. The molecule has 3 atom stereocenters. The van der Waals surface area contributed by atoms with E-state index in [0.29, 0.717) is 18.2 Å². The maximum Gasteiger partial charge on any atom is 0.108 e. The van der Waals surface area contributed by atoms with Crippen LogP contribution in [0, 0.1) is 11.3 Å². The SMILES string of the molecule is COC1CCN(C2CCC(C#N)(NC3CC3)C2)C1. The van der Waals surface area contributed by atoms with Crippen molar-refractivity contribution >= 4 is 0 Å². The summed E-state index contributed by atoms with van der Waals surface area (Å²) in [6.45, 7) is 2.18. The number of hydrogen-bond donors (Lipinski definition) is 1. The molecule has 2 aliphatic carbocycles. The predicted molar refractivity (Wildman–Crippen MR) is 69.1 cm³/mol. The van der Waals surface area contributed by atoms with Crippen molar-refractivity contribution in [3.8, 4) is 6.07 Å². The molecule has 1 heterocycles. The second-order valence-electron chi connectivity index (χ2n) is 6.15. The standard InChI is InChI=1S/C14H23N3O/c1-18-13-5-7-17(9-13)12-4-6-14(8-12,10-15)16-11-2-3-11/h11-13,16H,2-9H2,1H3. The zero-order valence-corrected chi connectivity index (χ0v) is 11.2. The monoisotopic (exact) mass is 249 g/mol. The molecule has 0 amide bonds. The molecule has 0 radical (unpaired) electrons. The van der Waals surface area contributed by atoms with Crippen molar-refractivity contribution in [2.24, 2.45) is 0 Å². The number of rotatable bonds is 4. The summed E-state index contributed by atoms with van der Waals surface area (Å²) in [5.41, 5.74) is -0.239. The van der Waals surface area contributed by atoms with Gasteiger partial charge in [0.2, 0.25) is 0 Å². The van der Waals surface area contributed by atoms with E-state index in [1.54, 1.807) is 7.11 Å². The van der Waals surface area contributed by atoms with Gasteiger partial charge in [-0.05, 0) is 38.5 Å². The topological polar surface area (TPSA) is 48.3 Å². The lowest BCUT2D eigenvalue weighted by Gasteiger charge is -2.27. The number of hydrogen-bond acceptors (Lipinski definition) is 4. The molecule has 1 saturated heterocycles. The fourth-order valence-electron chi connectivity index (χ4n) is 3.49. The molecule has 0 aromatic heterocycles. The number of nitrogens with one attached hydrogen (secondary N) is 1. The van der Waals surface area contributed by atoms with Crippen LogP contribution < -0.4 is 5.32 Å². The van der Waals surface area contributed by atoms with Crippen LogP contribution in [0.25, 0.3) is 0 Å². The first-order valence-corrected chi connectivity index (χ1v) is 7.20. The van der Waals surface area contributed by atoms with E-state index in [0.717, 1.165) is 38.8 Å². The van der Waals surface area contributed by atoms with Gasteiger partial charge in [0.1, 0.15) is 5.54 Å². The Hall–Kier alpha value is -0.630. The summed E-state index contributed by atoms with van der Waals surface area (Å²) in [7, 11) is 1.80. The number of methoxy groups -OCH3 is 1. The van der Waals surface area contributed by atoms with E-state index in [4.69, 9.17) is 4.74 Å². The predicted octanol–water partition coefficient (Wildman–Crippen LogP) is 1.27. The Labute approximate surface area is 109 Å². The van der Waals surface area contributed by atoms with Gasteiger partial charge in [0.15, 0.2) is 0 Å². The van der Waals surface area contributed by atoms with Crippen LogP contribution in [0.3, 0.4) is 0 Å². The van der Waals surface area contributed by atoms with Crippen molar-refractivity contribution in [3.63, 3.8) is 0 Å². The van der Waals surface area contributed by atoms with E-state index < -0.39 is 0 Å². The molecule has 1 N–H and O–H groups in total. The van der Waals surface area contributed by atoms with E-state index >= 15 is 0 Å². The lowest BCUT2D eigenvalue weighted by Crippen LogP contribution is -2.45. The van der Waals surface area contributed by atoms with Crippen LogP contribution in [-0.2, 0) is 4.74 Å². The minimum atomic E-state index is -0.239. The molecular formula is C14H23N3O. The molecule has 3 fully saturated rings. The van der Waals surface area contributed by atoms with Gasteiger partial charge in [-0.2, -0.15) is 5.26 Å². The zero-order valence-electron chi connectivity index (χ0n) is 11.2. The highest BCUT2D eigenvalue weighted by atomic mass is 16.5. The van der Waals surface area contributed by atoms with E-state index in [9.17, 15) is 5.26 Å². The average molecular weight is 249 g/mol. The fraction of sp³-hybridized carbons (Fsp3) is 0.929. The number of ether oxygens (including phenoxy) is 1. The van der Waals surface area contributed by atoms with Gasteiger partial charge in [0, 0.05) is 32.3 Å². The molecular weight excluding hydrogens is 226 g/mol. The first-order chi connectivity index (χ1) is 8.74. The van der Waals surface area contributed by atoms with Crippen molar-refractivity contribution in [1.82, 2.24) is 10.2 Å². The van der Waals surface area contributed by atoms with Crippen molar-refractivity contribution in [3.05, 3.63) is 0 Å². The second kappa shape index (κ2) is 4.80. The smallest absolute Gasteiger partial charge is 0.108 e. The Morgan fingerprint density at radius 2 is 2.17 bits per heavy atom. The zero-order chi connectivity index (χ0) is 12.6. The van der Waals surface area contributed by atoms with Gasteiger partial charge < -0.3 is 4.74 Å². The van der Waals surface area contributed by atoms with E-state index in [1.807, 2.05) is 0 Å². The van der Waals surface area contributed by atoms with Crippen LogP contribution in [0.1, 0.15) is 38.5 Å². The third kappa shape index (κ3) is 2.40. The van der Waals surface area contributed by atoms with Gasteiger partial charge in [0.05, 0.1) is 12.2 Å². The van der Waals surface area contributed by atoms with Crippen molar-refractivity contribution in [2.75, 3.05) is 20.2 Å². The summed E-state index contributed by atoms with van der Waals surface area (Å²) >= 11 is 0. The van der Waals surface area contributed by atoms with Crippen LogP contribution in [0.4, 0.5) is 0 Å². The van der Waals surface area contributed by atoms with Crippen LogP contribution in [0.5, 0.6) is 0 Å². The van der Waals surface area contributed by atoms with Crippen molar-refractivity contribution < 1.29 is 4.74 Å². The molecule has 0 aromatic rings. The van der Waals surface area contributed by atoms with Crippen LogP contribution in [0.15, 0.2) is 0 Å². The van der Waals surface area contributed by atoms with Crippen LogP contribution in [-0.4, -0.2) is 48.8 Å². The minimum absolute atomic E-state index is 0.239. The van der Waals surface area contributed by atoms with Crippen molar-refractivity contribution in [2.45, 2.75) is 62.3 Å². The van der Waals surface area contributed by atoms with Crippen molar-refractivity contribution in [1.29, 1.82) is 5.26 Å². The minimum Gasteiger partial charge on any atom is -0.380 e. The first kappa shape index (κ1) is 12.4. The highest BCUT2D eigenvalue weighted by Gasteiger charge is 2.45. The molecule has 4 heteroatoms. The molecule has 3 rings (SSSR count). The molecule has 100 valence electrons. The molecule has 2 saturated carbocycles. The number of likely N-dealkylation sites (tertiary alicyclic amines) is 1. The van der Waals surface area contributed by atoms with E-state index in [1.165, 1.54) is 12.8 Å². The Bertz CT molecular complexity index is 349. The summed E-state index contributed by atoms with van der Waals surface area (Å²) in [6, 6.07) is 3.76. The summed E-state index contributed by atoms with van der Waals surface area (Å²) < 4.78 is 5.43. The number of nitrogens with zero attached hydrogens (tertiary/aromatic N) is 2. The largest absolute Gasteiger partial charge is 0.380 e. The highest BCUT2D eigenvalue weighted by Crippen LogP contribution is 2.37. The fourth-order valence-corrected chi connectivity index (χ4v) is 3.49.